The van der Waals surface area contributed by atoms with Crippen molar-refractivity contribution in [3.63, 3.8) is 0 Å². The third kappa shape index (κ3) is 5.77. The molecule has 0 aliphatic carbocycles. The van der Waals surface area contributed by atoms with E-state index in [2.05, 4.69) is 5.32 Å². The molecule has 2 aromatic rings. The SMILES string of the molecule is CCOc1ccc(NC(=O)C(C)N(C)CCOc2ccccc2C)cc1. The van der Waals surface area contributed by atoms with E-state index < -0.39 is 0 Å². The molecule has 0 saturated heterocycles. The molecule has 0 fully saturated rings. The van der Waals surface area contributed by atoms with Crippen LogP contribution < -0.4 is 14.8 Å². The van der Waals surface area contributed by atoms with Crippen molar-refractivity contribution in [2.45, 2.75) is 26.8 Å². The second-order valence-corrected chi connectivity index (χ2v) is 6.22. The van der Waals surface area contributed by atoms with Crippen molar-refractivity contribution in [2.24, 2.45) is 0 Å². The van der Waals surface area contributed by atoms with E-state index in [1.165, 1.54) is 0 Å². The van der Waals surface area contributed by atoms with Crippen molar-refractivity contribution in [3.05, 3.63) is 54.1 Å². The molecule has 0 aromatic heterocycles. The Hall–Kier alpha value is -2.53. The first-order chi connectivity index (χ1) is 12.5. The highest BCUT2D eigenvalue weighted by Crippen LogP contribution is 2.17. The average Bonchev–Trinajstić information content (AvgIpc) is 2.64. The van der Waals surface area contributed by atoms with Crippen molar-refractivity contribution in [1.82, 2.24) is 4.90 Å². The molecular formula is C21H28N2O3. The minimum Gasteiger partial charge on any atom is -0.494 e. The highest BCUT2D eigenvalue weighted by atomic mass is 16.5. The number of likely N-dealkylation sites (N-methyl/N-ethyl adjacent to an activating group) is 1. The van der Waals surface area contributed by atoms with Gasteiger partial charge in [-0.05, 0) is 63.7 Å². The van der Waals surface area contributed by atoms with Gasteiger partial charge in [0.05, 0.1) is 12.6 Å². The van der Waals surface area contributed by atoms with E-state index in [0.717, 1.165) is 22.7 Å². The van der Waals surface area contributed by atoms with E-state index in [9.17, 15) is 4.79 Å². The second-order valence-electron chi connectivity index (χ2n) is 6.22. The number of hydrogen-bond acceptors (Lipinski definition) is 4. The Morgan fingerprint density at radius 1 is 1.12 bits per heavy atom. The van der Waals surface area contributed by atoms with Gasteiger partial charge < -0.3 is 14.8 Å². The molecule has 0 aliphatic rings. The lowest BCUT2D eigenvalue weighted by molar-refractivity contribution is -0.120. The Labute approximate surface area is 155 Å². The van der Waals surface area contributed by atoms with E-state index in [1.54, 1.807) is 0 Å². The molecule has 0 radical (unpaired) electrons. The minimum absolute atomic E-state index is 0.0486. The van der Waals surface area contributed by atoms with Crippen LogP contribution in [0.1, 0.15) is 19.4 Å². The molecular weight excluding hydrogens is 328 g/mol. The second kappa shape index (κ2) is 9.82. The lowest BCUT2D eigenvalue weighted by Gasteiger charge is -2.24. The van der Waals surface area contributed by atoms with E-state index in [4.69, 9.17) is 9.47 Å². The van der Waals surface area contributed by atoms with Crippen LogP contribution in [0.3, 0.4) is 0 Å². The molecule has 140 valence electrons. The smallest absolute Gasteiger partial charge is 0.241 e. The number of carbonyl (C=O) groups is 1. The van der Waals surface area contributed by atoms with Gasteiger partial charge in [-0.15, -0.1) is 0 Å². The van der Waals surface area contributed by atoms with Crippen molar-refractivity contribution in [1.29, 1.82) is 0 Å². The quantitative estimate of drug-likeness (QED) is 0.744. The van der Waals surface area contributed by atoms with E-state index in [1.807, 2.05) is 81.2 Å². The molecule has 0 spiro atoms. The highest BCUT2D eigenvalue weighted by Gasteiger charge is 2.18. The predicted octanol–water partition coefficient (Wildman–Crippen LogP) is 3.73. The molecule has 1 unspecified atom stereocenters. The van der Waals surface area contributed by atoms with Gasteiger partial charge in [-0.2, -0.15) is 0 Å². The lowest BCUT2D eigenvalue weighted by atomic mass is 10.2. The molecule has 0 bridgehead atoms. The van der Waals surface area contributed by atoms with Crippen LogP contribution in [0.25, 0.3) is 0 Å². The minimum atomic E-state index is -0.262. The molecule has 0 heterocycles. The number of aryl methyl sites for hydroxylation is 1. The van der Waals surface area contributed by atoms with Gasteiger partial charge in [-0.3, -0.25) is 9.69 Å². The monoisotopic (exact) mass is 356 g/mol. The Bertz CT molecular complexity index is 701. The number of para-hydroxylation sites is 1. The van der Waals surface area contributed by atoms with Gasteiger partial charge in [0.25, 0.3) is 0 Å². The van der Waals surface area contributed by atoms with Crippen LogP contribution in [0, 0.1) is 6.92 Å². The van der Waals surface area contributed by atoms with Crippen LogP contribution in [0.5, 0.6) is 11.5 Å². The predicted molar refractivity (Wildman–Crippen MR) is 105 cm³/mol. The van der Waals surface area contributed by atoms with Crippen LogP contribution in [-0.4, -0.2) is 43.7 Å². The Kier molecular flexibility index (Phi) is 7.48. The fourth-order valence-electron chi connectivity index (χ4n) is 2.46. The molecule has 26 heavy (non-hydrogen) atoms. The fourth-order valence-corrected chi connectivity index (χ4v) is 2.46. The zero-order valence-corrected chi connectivity index (χ0v) is 16.0. The van der Waals surface area contributed by atoms with Gasteiger partial charge in [0.15, 0.2) is 0 Å². The summed E-state index contributed by atoms with van der Waals surface area (Å²) in [5.74, 6) is 1.63. The molecule has 0 saturated carbocycles. The fraction of sp³-hybridized carbons (Fsp3) is 0.381. The molecule has 2 aromatic carbocycles. The largest absolute Gasteiger partial charge is 0.494 e. The number of hydrogen-bond donors (Lipinski definition) is 1. The Morgan fingerprint density at radius 2 is 1.81 bits per heavy atom. The maximum Gasteiger partial charge on any atom is 0.241 e. The summed E-state index contributed by atoms with van der Waals surface area (Å²) in [7, 11) is 1.92. The van der Waals surface area contributed by atoms with E-state index >= 15 is 0 Å². The molecule has 5 heteroatoms. The molecule has 2 rings (SSSR count). The van der Waals surface area contributed by atoms with Gasteiger partial charge in [-0.25, -0.2) is 0 Å². The van der Waals surface area contributed by atoms with E-state index in [0.29, 0.717) is 19.8 Å². The number of amides is 1. The normalized spacial score (nSPS) is 11.9. The lowest BCUT2D eigenvalue weighted by Crippen LogP contribution is -2.41. The van der Waals surface area contributed by atoms with Gasteiger partial charge in [0.2, 0.25) is 5.91 Å². The van der Waals surface area contributed by atoms with Crippen LogP contribution >= 0.6 is 0 Å². The van der Waals surface area contributed by atoms with Gasteiger partial charge in [0.1, 0.15) is 18.1 Å². The number of nitrogens with one attached hydrogen (secondary N) is 1. The average molecular weight is 356 g/mol. The van der Waals surface area contributed by atoms with Crippen molar-refractivity contribution in [3.8, 4) is 11.5 Å². The summed E-state index contributed by atoms with van der Waals surface area (Å²) in [4.78, 5) is 14.4. The summed E-state index contributed by atoms with van der Waals surface area (Å²) in [6, 6.07) is 15.0. The maximum absolute atomic E-state index is 12.4. The van der Waals surface area contributed by atoms with Crippen LogP contribution in [0.4, 0.5) is 5.69 Å². The van der Waals surface area contributed by atoms with Gasteiger partial charge >= 0.3 is 0 Å². The number of rotatable bonds is 9. The number of ether oxygens (including phenoxy) is 2. The summed E-state index contributed by atoms with van der Waals surface area (Å²) >= 11 is 0. The van der Waals surface area contributed by atoms with Crippen molar-refractivity contribution >= 4 is 11.6 Å². The number of nitrogens with zero attached hydrogens (tertiary/aromatic N) is 1. The zero-order valence-electron chi connectivity index (χ0n) is 16.0. The Balaban J connectivity index is 1.80. The summed E-state index contributed by atoms with van der Waals surface area (Å²) in [5, 5.41) is 2.93. The summed E-state index contributed by atoms with van der Waals surface area (Å²) in [6.07, 6.45) is 0. The molecule has 0 aliphatic heterocycles. The van der Waals surface area contributed by atoms with Gasteiger partial charge in [-0.1, -0.05) is 18.2 Å². The summed E-state index contributed by atoms with van der Waals surface area (Å²) in [6.45, 7) is 7.66. The molecule has 1 N–H and O–H groups in total. The summed E-state index contributed by atoms with van der Waals surface area (Å²) < 4.78 is 11.2. The summed E-state index contributed by atoms with van der Waals surface area (Å²) in [5.41, 5.74) is 1.87. The highest BCUT2D eigenvalue weighted by molar-refractivity contribution is 5.94. The standard InChI is InChI=1S/C21H28N2O3/c1-5-25-19-12-10-18(11-13-19)22-21(24)17(3)23(4)14-15-26-20-9-7-6-8-16(20)2/h6-13,17H,5,14-15H2,1-4H3,(H,22,24). The maximum atomic E-state index is 12.4. The topological polar surface area (TPSA) is 50.8 Å². The molecule has 5 nitrogen and oxygen atoms in total. The number of carbonyl (C=O) groups excluding carboxylic acids is 1. The first-order valence-corrected chi connectivity index (χ1v) is 8.93. The van der Waals surface area contributed by atoms with Crippen LogP contribution in [-0.2, 0) is 4.79 Å². The van der Waals surface area contributed by atoms with Crippen molar-refractivity contribution in [2.75, 3.05) is 32.1 Å². The third-order valence-corrected chi connectivity index (χ3v) is 4.27. The van der Waals surface area contributed by atoms with Crippen molar-refractivity contribution < 1.29 is 14.3 Å². The number of anilines is 1. The number of benzene rings is 2. The molecule has 1 atom stereocenters. The van der Waals surface area contributed by atoms with Gasteiger partial charge in [0, 0.05) is 12.2 Å². The molecule has 1 amide bonds. The first-order valence-electron chi connectivity index (χ1n) is 8.93. The third-order valence-electron chi connectivity index (χ3n) is 4.27. The van der Waals surface area contributed by atoms with Crippen LogP contribution in [0.2, 0.25) is 0 Å². The zero-order chi connectivity index (χ0) is 18.9. The first kappa shape index (κ1) is 19.8. The van der Waals surface area contributed by atoms with Crippen LogP contribution in [0.15, 0.2) is 48.5 Å². The Morgan fingerprint density at radius 3 is 2.46 bits per heavy atom. The van der Waals surface area contributed by atoms with E-state index in [-0.39, 0.29) is 11.9 Å².